The Morgan fingerprint density at radius 1 is 1.35 bits per heavy atom. The maximum absolute atomic E-state index is 11.4. The van der Waals surface area contributed by atoms with Gasteiger partial charge in [-0.3, -0.25) is 0 Å². The highest BCUT2D eigenvalue weighted by atomic mass is 16.5. The number of hydrogen-bond acceptors (Lipinski definition) is 2. The minimum Gasteiger partial charge on any atom is -0.445 e. The van der Waals surface area contributed by atoms with Crippen LogP contribution in [0.15, 0.2) is 30.3 Å². The van der Waals surface area contributed by atoms with Gasteiger partial charge in [-0.2, -0.15) is 0 Å². The molecule has 1 aromatic carbocycles. The summed E-state index contributed by atoms with van der Waals surface area (Å²) in [4.78, 5) is 11.4. The molecule has 1 aliphatic rings. The van der Waals surface area contributed by atoms with Gasteiger partial charge in [0.2, 0.25) is 0 Å². The van der Waals surface area contributed by atoms with Gasteiger partial charge in [0.15, 0.2) is 0 Å². The Balaban J connectivity index is 1.64. The van der Waals surface area contributed by atoms with E-state index in [0.29, 0.717) is 12.5 Å². The van der Waals surface area contributed by atoms with Crippen LogP contribution in [0, 0.1) is 11.8 Å². The van der Waals surface area contributed by atoms with E-state index in [1.54, 1.807) is 0 Å². The van der Waals surface area contributed by atoms with E-state index in [9.17, 15) is 4.79 Å². The highest BCUT2D eigenvalue weighted by Crippen LogP contribution is 2.32. The van der Waals surface area contributed by atoms with Crippen molar-refractivity contribution in [2.75, 3.05) is 6.54 Å². The summed E-state index contributed by atoms with van der Waals surface area (Å²) < 4.78 is 5.13. The molecule has 0 radical (unpaired) electrons. The minimum atomic E-state index is -0.312. The first-order chi connectivity index (χ1) is 8.25. The van der Waals surface area contributed by atoms with Crippen LogP contribution in [0.3, 0.4) is 0 Å². The molecule has 1 N–H and O–H groups in total. The van der Waals surface area contributed by atoms with E-state index in [-0.39, 0.29) is 6.09 Å². The van der Waals surface area contributed by atoms with Crippen LogP contribution in [-0.2, 0) is 11.3 Å². The number of carbonyl (C=O) groups is 1. The van der Waals surface area contributed by atoms with Crippen LogP contribution >= 0.6 is 0 Å². The first kappa shape index (κ1) is 12.0. The van der Waals surface area contributed by atoms with E-state index in [0.717, 1.165) is 18.0 Å². The lowest BCUT2D eigenvalue weighted by atomic mass is 9.75. The number of amides is 1. The quantitative estimate of drug-likeness (QED) is 0.868. The SMILES string of the molecule is C[C@@H]1CC[C@@H]1CNC(=O)OCc1ccccc1. The van der Waals surface area contributed by atoms with E-state index in [1.165, 1.54) is 12.8 Å². The van der Waals surface area contributed by atoms with Gasteiger partial charge in [0.1, 0.15) is 6.61 Å². The van der Waals surface area contributed by atoms with Gasteiger partial charge in [0, 0.05) is 6.54 Å². The zero-order valence-electron chi connectivity index (χ0n) is 10.2. The monoisotopic (exact) mass is 233 g/mol. The number of benzene rings is 1. The number of alkyl carbamates (subject to hydrolysis) is 1. The molecule has 0 bridgehead atoms. The fourth-order valence-corrected chi connectivity index (χ4v) is 2.03. The van der Waals surface area contributed by atoms with Gasteiger partial charge < -0.3 is 10.1 Å². The summed E-state index contributed by atoms with van der Waals surface area (Å²) in [7, 11) is 0. The van der Waals surface area contributed by atoms with Crippen LogP contribution in [0.5, 0.6) is 0 Å². The van der Waals surface area contributed by atoms with E-state index in [1.807, 2.05) is 30.3 Å². The lowest BCUT2D eigenvalue weighted by molar-refractivity contribution is 0.128. The Morgan fingerprint density at radius 2 is 2.12 bits per heavy atom. The van der Waals surface area contributed by atoms with Gasteiger partial charge in [-0.1, -0.05) is 43.7 Å². The van der Waals surface area contributed by atoms with Crippen LogP contribution in [-0.4, -0.2) is 12.6 Å². The Morgan fingerprint density at radius 3 is 2.71 bits per heavy atom. The van der Waals surface area contributed by atoms with Crippen molar-refractivity contribution in [3.05, 3.63) is 35.9 Å². The summed E-state index contributed by atoms with van der Waals surface area (Å²) in [5.41, 5.74) is 1.01. The molecule has 0 aliphatic heterocycles. The third kappa shape index (κ3) is 3.48. The largest absolute Gasteiger partial charge is 0.445 e. The predicted octanol–water partition coefficient (Wildman–Crippen LogP) is 2.96. The standard InChI is InChI=1S/C14H19NO2/c1-11-7-8-13(11)9-15-14(16)17-10-12-5-3-2-4-6-12/h2-6,11,13H,7-10H2,1H3,(H,15,16)/t11-,13-/m1/s1. The highest BCUT2D eigenvalue weighted by Gasteiger charge is 2.26. The second kappa shape index (κ2) is 5.71. The van der Waals surface area contributed by atoms with Crippen LogP contribution in [0.2, 0.25) is 0 Å². The summed E-state index contributed by atoms with van der Waals surface area (Å²) in [6.45, 7) is 3.31. The van der Waals surface area contributed by atoms with Gasteiger partial charge in [-0.25, -0.2) is 4.79 Å². The molecule has 1 aromatic rings. The zero-order chi connectivity index (χ0) is 12.1. The smallest absolute Gasteiger partial charge is 0.407 e. The molecule has 1 amide bonds. The maximum Gasteiger partial charge on any atom is 0.407 e. The summed E-state index contributed by atoms with van der Waals surface area (Å²) >= 11 is 0. The van der Waals surface area contributed by atoms with E-state index in [2.05, 4.69) is 12.2 Å². The summed E-state index contributed by atoms with van der Waals surface area (Å²) in [5.74, 6) is 1.38. The maximum atomic E-state index is 11.4. The number of carbonyl (C=O) groups excluding carboxylic acids is 1. The second-order valence-corrected chi connectivity index (χ2v) is 4.76. The number of nitrogens with one attached hydrogen (secondary N) is 1. The molecule has 0 unspecified atom stereocenters. The Kier molecular flexibility index (Phi) is 4.02. The van der Waals surface area contributed by atoms with Gasteiger partial charge in [-0.15, -0.1) is 0 Å². The van der Waals surface area contributed by atoms with Gasteiger partial charge in [0.05, 0.1) is 0 Å². The third-order valence-electron chi connectivity index (χ3n) is 3.52. The highest BCUT2D eigenvalue weighted by molar-refractivity contribution is 5.67. The van der Waals surface area contributed by atoms with Crippen molar-refractivity contribution >= 4 is 6.09 Å². The molecule has 1 saturated carbocycles. The summed E-state index contributed by atoms with van der Waals surface area (Å²) in [6.07, 6.45) is 2.19. The van der Waals surface area contributed by atoms with Gasteiger partial charge in [0.25, 0.3) is 0 Å². The Bertz CT molecular complexity index is 364. The molecule has 2 rings (SSSR count). The molecule has 0 saturated heterocycles. The van der Waals surface area contributed by atoms with Crippen molar-refractivity contribution in [2.24, 2.45) is 11.8 Å². The first-order valence-electron chi connectivity index (χ1n) is 6.20. The van der Waals surface area contributed by atoms with Crippen molar-refractivity contribution in [1.82, 2.24) is 5.32 Å². The normalized spacial score (nSPS) is 22.6. The van der Waals surface area contributed by atoms with Crippen molar-refractivity contribution in [2.45, 2.75) is 26.4 Å². The first-order valence-corrected chi connectivity index (χ1v) is 6.20. The molecule has 17 heavy (non-hydrogen) atoms. The third-order valence-corrected chi connectivity index (χ3v) is 3.52. The average Bonchev–Trinajstić information content (AvgIpc) is 2.36. The fourth-order valence-electron chi connectivity index (χ4n) is 2.03. The molecule has 3 nitrogen and oxygen atoms in total. The molecule has 0 spiro atoms. The van der Waals surface area contributed by atoms with Crippen molar-refractivity contribution in [3.8, 4) is 0 Å². The van der Waals surface area contributed by atoms with Crippen LogP contribution in [0.4, 0.5) is 4.79 Å². The fraction of sp³-hybridized carbons (Fsp3) is 0.500. The molecule has 92 valence electrons. The predicted molar refractivity (Wildman–Crippen MR) is 66.5 cm³/mol. The van der Waals surface area contributed by atoms with E-state index in [4.69, 9.17) is 4.74 Å². The second-order valence-electron chi connectivity index (χ2n) is 4.76. The zero-order valence-corrected chi connectivity index (χ0v) is 10.2. The molecule has 1 aliphatic carbocycles. The minimum absolute atomic E-state index is 0.312. The molecule has 2 atom stereocenters. The molecular weight excluding hydrogens is 214 g/mol. The lowest BCUT2D eigenvalue weighted by Gasteiger charge is -2.33. The van der Waals surface area contributed by atoms with Crippen LogP contribution in [0.25, 0.3) is 0 Å². The van der Waals surface area contributed by atoms with Crippen LogP contribution < -0.4 is 5.32 Å². The van der Waals surface area contributed by atoms with Crippen molar-refractivity contribution < 1.29 is 9.53 Å². The number of hydrogen-bond donors (Lipinski definition) is 1. The molecule has 3 heteroatoms. The number of ether oxygens (including phenoxy) is 1. The summed E-state index contributed by atoms with van der Waals surface area (Å²) in [5, 5.41) is 2.82. The van der Waals surface area contributed by atoms with Crippen LogP contribution in [0.1, 0.15) is 25.3 Å². The van der Waals surface area contributed by atoms with E-state index < -0.39 is 0 Å². The van der Waals surface area contributed by atoms with Crippen molar-refractivity contribution in [1.29, 1.82) is 0 Å². The lowest BCUT2D eigenvalue weighted by Crippen LogP contribution is -2.36. The molecule has 0 heterocycles. The molecular formula is C14H19NO2. The van der Waals surface area contributed by atoms with Gasteiger partial charge >= 0.3 is 6.09 Å². The summed E-state index contributed by atoms with van der Waals surface area (Å²) in [6, 6.07) is 9.71. The Hall–Kier alpha value is -1.51. The van der Waals surface area contributed by atoms with Gasteiger partial charge in [-0.05, 0) is 23.8 Å². The van der Waals surface area contributed by atoms with E-state index >= 15 is 0 Å². The number of rotatable bonds is 4. The average molecular weight is 233 g/mol. The Labute approximate surface area is 102 Å². The topological polar surface area (TPSA) is 38.3 Å². The molecule has 0 aromatic heterocycles. The molecule has 1 fully saturated rings. The van der Waals surface area contributed by atoms with Crippen molar-refractivity contribution in [3.63, 3.8) is 0 Å².